The van der Waals surface area contributed by atoms with E-state index in [4.69, 9.17) is 0 Å². The molecule has 0 aliphatic carbocycles. The molecule has 0 spiro atoms. The second kappa shape index (κ2) is 1.95. The lowest BCUT2D eigenvalue weighted by Gasteiger charge is -2.38. The van der Waals surface area contributed by atoms with Crippen LogP contribution in [-0.4, -0.2) is 19.2 Å². The average molecular weight is 174 g/mol. The minimum Gasteiger partial charge on any atom is -0.297 e. The molecule has 0 aromatic carbocycles. The van der Waals surface area contributed by atoms with E-state index in [2.05, 4.69) is 6.58 Å². The van der Waals surface area contributed by atoms with Crippen molar-refractivity contribution in [1.29, 1.82) is 0 Å². The molecule has 2 nitrogen and oxygen atoms in total. The third-order valence-corrected chi connectivity index (χ3v) is 6.00. The first-order valence-electron chi connectivity index (χ1n) is 2.95. The average Bonchev–Trinajstić information content (AvgIpc) is 1.83. The molecule has 0 radical (unpaired) electrons. The van der Waals surface area contributed by atoms with Gasteiger partial charge in [0.15, 0.2) is 5.78 Å². The van der Waals surface area contributed by atoms with Crippen LogP contribution < -0.4 is 0 Å². The number of carbonyl (C=O) groups excluding carboxylic acids is 1. The highest BCUT2D eigenvalue weighted by atomic mass is 32.3. The van der Waals surface area contributed by atoms with E-state index in [0.717, 1.165) is 5.57 Å². The van der Waals surface area contributed by atoms with Crippen molar-refractivity contribution in [3.8, 4) is 0 Å². The standard InChI is InChI=1S/C6H6O2S2/c1-3-2-4(7)6-9-5(3)10(6)8/h5-6H,1-2H2/t5-,6+,10?/m0/s1. The van der Waals surface area contributed by atoms with Gasteiger partial charge in [0.05, 0.1) is 10.8 Å². The van der Waals surface area contributed by atoms with Crippen molar-refractivity contribution in [3.05, 3.63) is 12.2 Å². The first-order chi connectivity index (χ1) is 4.70. The van der Waals surface area contributed by atoms with Gasteiger partial charge < -0.3 is 0 Å². The molecular formula is C6H6O2S2. The van der Waals surface area contributed by atoms with Crippen LogP contribution in [0.15, 0.2) is 12.2 Å². The number of thioether (sulfide) groups is 1. The molecule has 3 rings (SSSR count). The number of hydrogen-bond donors (Lipinski definition) is 0. The Labute approximate surface area is 65.5 Å². The van der Waals surface area contributed by atoms with Crippen LogP contribution >= 0.6 is 11.8 Å². The first kappa shape index (κ1) is 6.61. The van der Waals surface area contributed by atoms with Crippen LogP contribution in [0.1, 0.15) is 6.42 Å². The fourth-order valence-corrected chi connectivity index (χ4v) is 4.23. The summed E-state index contributed by atoms with van der Waals surface area (Å²) < 4.78 is 10.9. The Balaban J connectivity index is 2.33. The highest BCUT2D eigenvalue weighted by molar-refractivity contribution is 8.28. The molecule has 1 unspecified atom stereocenters. The van der Waals surface area contributed by atoms with Gasteiger partial charge in [-0.1, -0.05) is 6.58 Å². The molecule has 2 bridgehead atoms. The first-order valence-corrected chi connectivity index (χ1v) is 5.17. The molecule has 10 heavy (non-hydrogen) atoms. The SMILES string of the molecule is C=C1CC(=O)[C@@H]2S[C@H]1S2=O. The number of Topliss-reactive ketones (excluding diaryl/α,β-unsaturated/α-hetero) is 1. The van der Waals surface area contributed by atoms with Crippen LogP contribution in [0.5, 0.6) is 0 Å². The number of hydrogen-bond acceptors (Lipinski definition) is 3. The molecule has 3 aliphatic heterocycles. The van der Waals surface area contributed by atoms with Crippen molar-refractivity contribution in [2.75, 3.05) is 0 Å². The van der Waals surface area contributed by atoms with E-state index in [-0.39, 0.29) is 14.9 Å². The Hall–Kier alpha value is -0.0900. The maximum Gasteiger partial charge on any atom is 0.162 e. The van der Waals surface area contributed by atoms with Gasteiger partial charge in [-0.25, -0.2) is 0 Å². The predicted molar refractivity (Wildman–Crippen MR) is 42.1 cm³/mol. The van der Waals surface area contributed by atoms with Gasteiger partial charge in [-0.05, 0) is 5.57 Å². The van der Waals surface area contributed by atoms with Gasteiger partial charge >= 0.3 is 0 Å². The number of carbonyl (C=O) groups is 1. The number of rotatable bonds is 0. The van der Waals surface area contributed by atoms with Crippen molar-refractivity contribution in [2.24, 2.45) is 0 Å². The van der Waals surface area contributed by atoms with Crippen molar-refractivity contribution >= 4 is 28.3 Å². The lowest BCUT2D eigenvalue weighted by Crippen LogP contribution is -2.46. The third-order valence-electron chi connectivity index (χ3n) is 1.67. The van der Waals surface area contributed by atoms with Crippen molar-refractivity contribution < 1.29 is 9.00 Å². The topological polar surface area (TPSA) is 34.1 Å². The van der Waals surface area contributed by atoms with Gasteiger partial charge in [-0.15, -0.1) is 11.8 Å². The lowest BCUT2D eigenvalue weighted by atomic mass is 10.2. The number of ketones is 1. The summed E-state index contributed by atoms with van der Waals surface area (Å²) in [4.78, 5) is 11.0. The second-order valence-electron chi connectivity index (χ2n) is 2.43. The van der Waals surface area contributed by atoms with Gasteiger partial charge in [-0.3, -0.25) is 9.00 Å². The highest BCUT2D eigenvalue weighted by Gasteiger charge is 2.49. The summed E-state index contributed by atoms with van der Waals surface area (Å²) in [6.45, 7) is 3.70. The van der Waals surface area contributed by atoms with E-state index in [1.807, 2.05) is 0 Å². The summed E-state index contributed by atoms with van der Waals surface area (Å²) in [5, 5.41) is 0. The lowest BCUT2D eigenvalue weighted by molar-refractivity contribution is -0.116. The molecule has 0 aromatic rings. The van der Waals surface area contributed by atoms with Crippen molar-refractivity contribution in [2.45, 2.75) is 15.6 Å². The monoisotopic (exact) mass is 174 g/mol. The van der Waals surface area contributed by atoms with Gasteiger partial charge in [0, 0.05) is 6.42 Å². The normalized spacial score (nSPS) is 45.0. The van der Waals surface area contributed by atoms with Crippen LogP contribution in [0.2, 0.25) is 0 Å². The predicted octanol–water partition coefficient (Wildman–Crippen LogP) is 0.663. The zero-order valence-corrected chi connectivity index (χ0v) is 6.83. The Morgan fingerprint density at radius 1 is 1.60 bits per heavy atom. The van der Waals surface area contributed by atoms with Gasteiger partial charge in [0.2, 0.25) is 0 Å². The molecule has 0 amide bonds. The molecule has 4 heteroatoms. The molecule has 3 saturated heterocycles. The molecule has 0 aromatic heterocycles. The van der Waals surface area contributed by atoms with E-state index in [0.29, 0.717) is 6.42 Å². The molecule has 0 N–H and O–H groups in total. The summed E-state index contributed by atoms with van der Waals surface area (Å²) >= 11 is 1.49. The molecule has 3 fully saturated rings. The zero-order chi connectivity index (χ0) is 7.30. The van der Waals surface area contributed by atoms with Crippen LogP contribution in [0.25, 0.3) is 0 Å². The second-order valence-corrected chi connectivity index (χ2v) is 5.84. The van der Waals surface area contributed by atoms with E-state index in [1.165, 1.54) is 11.8 Å². The van der Waals surface area contributed by atoms with Crippen molar-refractivity contribution in [1.82, 2.24) is 0 Å². The summed E-state index contributed by atoms with van der Waals surface area (Å²) in [5.41, 5.74) is 0.843. The van der Waals surface area contributed by atoms with Crippen LogP contribution in [-0.2, 0) is 15.6 Å². The van der Waals surface area contributed by atoms with Crippen molar-refractivity contribution in [3.63, 3.8) is 0 Å². The van der Waals surface area contributed by atoms with Crippen LogP contribution in [0, 0.1) is 0 Å². The van der Waals surface area contributed by atoms with Crippen LogP contribution in [0.4, 0.5) is 0 Å². The Bertz CT molecular complexity index is 209. The smallest absolute Gasteiger partial charge is 0.162 e. The minimum absolute atomic E-state index is 0.0719. The fourth-order valence-electron chi connectivity index (χ4n) is 1.14. The zero-order valence-electron chi connectivity index (χ0n) is 5.20. The Morgan fingerprint density at radius 3 is 2.70 bits per heavy atom. The van der Waals surface area contributed by atoms with Crippen LogP contribution in [0.3, 0.4) is 0 Å². The van der Waals surface area contributed by atoms with Gasteiger partial charge in [-0.2, -0.15) is 0 Å². The van der Waals surface area contributed by atoms with E-state index >= 15 is 0 Å². The molecule has 3 heterocycles. The van der Waals surface area contributed by atoms with Gasteiger partial charge in [0.1, 0.15) is 9.16 Å². The highest BCUT2D eigenvalue weighted by Crippen LogP contribution is 2.47. The largest absolute Gasteiger partial charge is 0.297 e. The van der Waals surface area contributed by atoms with Gasteiger partial charge in [0.25, 0.3) is 0 Å². The maximum atomic E-state index is 11.1. The summed E-state index contributed by atoms with van der Waals surface area (Å²) in [6, 6.07) is 0. The quantitative estimate of drug-likeness (QED) is 0.506. The molecule has 3 atom stereocenters. The minimum atomic E-state index is -0.934. The molecular weight excluding hydrogens is 168 g/mol. The van der Waals surface area contributed by atoms with E-state index in [1.54, 1.807) is 0 Å². The fraction of sp³-hybridized carbons (Fsp3) is 0.500. The number of fused-ring (bicyclic) bond motifs is 2. The molecule has 0 saturated carbocycles. The Kier molecular flexibility index (Phi) is 1.29. The summed E-state index contributed by atoms with van der Waals surface area (Å²) in [5.74, 6) is 0.0934. The Morgan fingerprint density at radius 2 is 2.30 bits per heavy atom. The maximum absolute atomic E-state index is 11.1. The van der Waals surface area contributed by atoms with E-state index in [9.17, 15) is 9.00 Å². The molecule has 54 valence electrons. The summed E-state index contributed by atoms with van der Waals surface area (Å²) in [7, 11) is -0.934. The van der Waals surface area contributed by atoms with E-state index < -0.39 is 10.8 Å². The summed E-state index contributed by atoms with van der Waals surface area (Å²) in [6.07, 6.45) is 0.452. The third kappa shape index (κ3) is 0.661. The molecule has 3 aliphatic rings.